The molecule has 1 aromatic carbocycles. The topological polar surface area (TPSA) is 98.0 Å². The molecule has 1 spiro atoms. The molecule has 3 saturated carbocycles. The second-order valence-electron chi connectivity index (χ2n) is 15.7. The lowest BCUT2D eigenvalue weighted by molar-refractivity contribution is -0.396. The number of rotatable bonds is 15. The maximum Gasteiger partial charge on any atom is 0.460 e. The number of aliphatic hydroxyl groups excluding tert-OH is 2. The average Bonchev–Trinajstić information content (AvgIpc) is 3.81. The minimum absolute atomic E-state index is 0.00129. The Morgan fingerprint density at radius 1 is 0.860 bits per heavy atom. The van der Waals surface area contributed by atoms with Gasteiger partial charge in [0.25, 0.3) is 0 Å². The van der Waals surface area contributed by atoms with Crippen molar-refractivity contribution in [3.8, 4) is 5.75 Å². The van der Waals surface area contributed by atoms with Gasteiger partial charge in [0.1, 0.15) is 5.75 Å². The van der Waals surface area contributed by atoms with Gasteiger partial charge in [0.2, 0.25) is 0 Å². The Labute approximate surface area is 285 Å². The number of carboxylic acid groups (broad SMARTS) is 1. The third-order valence-electron chi connectivity index (χ3n) is 13.2. The van der Waals surface area contributed by atoms with Gasteiger partial charge >= 0.3 is 29.9 Å². The number of carbonyl (C=O) groups is 1. The zero-order chi connectivity index (χ0) is 37.1. The quantitative estimate of drug-likeness (QED) is 0.106. The molecule has 0 radical (unpaired) electrons. The first-order valence-electron chi connectivity index (χ1n) is 17.7. The van der Waals surface area contributed by atoms with Crippen LogP contribution in [0.5, 0.6) is 5.75 Å². The molecule has 5 nitrogen and oxygen atoms in total. The molecule has 5 unspecified atom stereocenters. The van der Waals surface area contributed by atoms with E-state index in [1.54, 1.807) is 12.1 Å². The third-order valence-corrected chi connectivity index (χ3v) is 13.2. The Morgan fingerprint density at radius 3 is 2.08 bits per heavy atom. The largest absolute Gasteiger partial charge is 0.508 e. The highest BCUT2D eigenvalue weighted by Gasteiger charge is 2.81. The molecule has 0 saturated heterocycles. The van der Waals surface area contributed by atoms with Crippen LogP contribution in [0.2, 0.25) is 0 Å². The Bertz CT molecular complexity index is 1380. The maximum atomic E-state index is 13.9. The van der Waals surface area contributed by atoms with Gasteiger partial charge in [0.05, 0.1) is 18.1 Å². The first kappa shape index (κ1) is 39.0. The molecule has 3 fully saturated rings. The van der Waals surface area contributed by atoms with Crippen molar-refractivity contribution >= 4 is 5.97 Å². The van der Waals surface area contributed by atoms with Crippen LogP contribution in [0.1, 0.15) is 126 Å². The number of benzene rings is 1. The van der Waals surface area contributed by atoms with Gasteiger partial charge in [0.15, 0.2) is 0 Å². The van der Waals surface area contributed by atoms with E-state index in [0.29, 0.717) is 19.3 Å². The van der Waals surface area contributed by atoms with Gasteiger partial charge in [0, 0.05) is 11.8 Å². The van der Waals surface area contributed by atoms with Gasteiger partial charge in [-0.3, -0.25) is 4.79 Å². The minimum atomic E-state index is -7.00. The molecule has 14 heteroatoms. The Kier molecular flexibility index (Phi) is 10.6. The number of halogens is 9. The number of hydrogen-bond donors (Lipinski definition) is 4. The van der Waals surface area contributed by atoms with Crippen molar-refractivity contribution in [2.45, 2.75) is 145 Å². The van der Waals surface area contributed by atoms with Crippen molar-refractivity contribution < 1.29 is 64.7 Å². The number of hydrogen-bond acceptors (Lipinski definition) is 4. The first-order valence-corrected chi connectivity index (χ1v) is 17.7. The number of aromatic hydroxyl groups is 1. The summed E-state index contributed by atoms with van der Waals surface area (Å²) < 4.78 is 118. The molecule has 4 N–H and O–H groups in total. The summed E-state index contributed by atoms with van der Waals surface area (Å²) in [5, 5.41) is 42.4. The highest BCUT2D eigenvalue weighted by molar-refractivity contribution is 5.69. The molecule has 284 valence electrons. The zero-order valence-electron chi connectivity index (χ0n) is 28.0. The van der Waals surface area contributed by atoms with Crippen LogP contribution in [-0.4, -0.2) is 56.4 Å². The van der Waals surface area contributed by atoms with E-state index < -0.39 is 54.8 Å². The first-order chi connectivity index (χ1) is 23.1. The number of alkyl halides is 9. The Hall–Kier alpha value is -2.22. The van der Waals surface area contributed by atoms with Crippen LogP contribution in [0.25, 0.3) is 0 Å². The van der Waals surface area contributed by atoms with E-state index in [0.717, 1.165) is 62.5 Å². The van der Waals surface area contributed by atoms with Crippen molar-refractivity contribution in [3.05, 3.63) is 29.3 Å². The monoisotopic (exact) mass is 730 g/mol. The second kappa shape index (κ2) is 13.6. The van der Waals surface area contributed by atoms with Crippen LogP contribution in [0, 0.1) is 34.5 Å². The number of carboxylic acids is 1. The molecule has 8 atom stereocenters. The lowest BCUT2D eigenvalue weighted by Gasteiger charge is -2.55. The summed E-state index contributed by atoms with van der Waals surface area (Å²) in [5.41, 5.74) is 1.78. The van der Waals surface area contributed by atoms with Gasteiger partial charge in [-0.15, -0.1) is 0 Å². The van der Waals surface area contributed by atoms with Crippen molar-refractivity contribution in [2.24, 2.45) is 34.5 Å². The predicted octanol–water partition coefficient (Wildman–Crippen LogP) is 9.79. The van der Waals surface area contributed by atoms with Crippen molar-refractivity contribution in [3.63, 3.8) is 0 Å². The van der Waals surface area contributed by atoms with Gasteiger partial charge in [-0.25, -0.2) is 0 Å². The number of unbranched alkanes of at least 4 members (excludes halogenated alkanes) is 5. The second-order valence-corrected chi connectivity index (χ2v) is 15.7. The van der Waals surface area contributed by atoms with E-state index >= 15 is 0 Å². The molecule has 0 aliphatic heterocycles. The van der Waals surface area contributed by atoms with Gasteiger partial charge < -0.3 is 20.4 Å². The molecule has 4 aliphatic carbocycles. The van der Waals surface area contributed by atoms with Gasteiger partial charge in [-0.05, 0) is 104 Å². The predicted molar refractivity (Wildman–Crippen MR) is 164 cm³/mol. The summed E-state index contributed by atoms with van der Waals surface area (Å²) in [6, 6.07) is 5.23. The molecular formula is C36H47F9O5. The maximum absolute atomic E-state index is 13.9. The van der Waals surface area contributed by atoms with E-state index in [1.807, 2.05) is 6.07 Å². The fraction of sp³-hybridized carbons (Fsp3) is 0.806. The Balaban J connectivity index is 1.11. The summed E-state index contributed by atoms with van der Waals surface area (Å²) in [7, 11) is 0. The molecule has 0 aromatic heterocycles. The molecule has 50 heavy (non-hydrogen) atoms. The molecule has 0 amide bonds. The smallest absolute Gasteiger partial charge is 0.460 e. The molecule has 0 heterocycles. The highest BCUT2D eigenvalue weighted by atomic mass is 19.4. The van der Waals surface area contributed by atoms with Crippen molar-refractivity contribution in [1.29, 1.82) is 0 Å². The average molecular weight is 731 g/mol. The lowest BCUT2D eigenvalue weighted by atomic mass is 9.50. The number of phenolic OH excluding ortho intramolecular Hbond substituents is 1. The zero-order valence-corrected chi connectivity index (χ0v) is 28.0. The summed E-state index contributed by atoms with van der Waals surface area (Å²) in [6.07, 6.45) is -2.62. The third kappa shape index (κ3) is 6.51. The minimum Gasteiger partial charge on any atom is -0.508 e. The molecule has 5 rings (SSSR count). The molecule has 1 aromatic rings. The van der Waals surface area contributed by atoms with Crippen LogP contribution in [0.4, 0.5) is 39.5 Å². The summed E-state index contributed by atoms with van der Waals surface area (Å²) in [6.45, 7) is 2.31. The van der Waals surface area contributed by atoms with E-state index in [9.17, 15) is 64.7 Å². The summed E-state index contributed by atoms with van der Waals surface area (Å²) in [5.74, 6) is -22.1. The normalized spacial score (nSPS) is 31.2. The van der Waals surface area contributed by atoms with E-state index in [4.69, 9.17) is 0 Å². The lowest BCUT2D eigenvalue weighted by Crippen LogP contribution is -2.60. The Morgan fingerprint density at radius 2 is 1.48 bits per heavy atom. The number of fused-ring (bicyclic) bond motifs is 6. The number of aliphatic hydroxyl groups is 2. The summed E-state index contributed by atoms with van der Waals surface area (Å²) in [4.78, 5) is 11.5. The van der Waals surface area contributed by atoms with Crippen LogP contribution >= 0.6 is 0 Å². The van der Waals surface area contributed by atoms with Crippen LogP contribution < -0.4 is 0 Å². The van der Waals surface area contributed by atoms with Crippen molar-refractivity contribution in [2.75, 3.05) is 0 Å². The van der Waals surface area contributed by atoms with Crippen molar-refractivity contribution in [1.82, 2.24) is 0 Å². The summed E-state index contributed by atoms with van der Waals surface area (Å²) >= 11 is 0. The van der Waals surface area contributed by atoms with E-state index in [2.05, 4.69) is 6.92 Å². The number of phenols is 1. The highest BCUT2D eigenvalue weighted by Crippen LogP contribution is 2.76. The van der Waals surface area contributed by atoms with Crippen LogP contribution in [-0.2, 0) is 4.79 Å². The molecular weight excluding hydrogens is 683 g/mol. The van der Waals surface area contributed by atoms with Crippen LogP contribution in [0.3, 0.4) is 0 Å². The SMILES string of the molecule is C[C@]12CCC3c4ccc(O)cc4[C@@H](O)C(CCCCCCCCC(CCC(F)(F)C(F)(F)C(F)(F)C(F)(F)F)C(=O)O)C3C1C[C@@H](O)C21CC1. The number of aliphatic carboxylic acids is 1. The molecule has 4 aliphatic rings. The van der Waals surface area contributed by atoms with E-state index in [1.165, 1.54) is 0 Å². The van der Waals surface area contributed by atoms with Gasteiger partial charge in [-0.1, -0.05) is 51.5 Å². The fourth-order valence-corrected chi connectivity index (χ4v) is 10.2. The van der Waals surface area contributed by atoms with Gasteiger partial charge in [-0.2, -0.15) is 39.5 Å². The van der Waals surface area contributed by atoms with E-state index in [-0.39, 0.29) is 59.2 Å². The molecule has 0 bridgehead atoms. The fourth-order valence-electron chi connectivity index (χ4n) is 10.2. The standard InChI is InChI=1S/C36H47F9O5/c1-31-14-13-23-22-11-10-21(46)18-25(22)29(48)24(28(23)26(31)19-27(47)32(31)16-17-32)9-7-5-3-2-4-6-8-20(30(49)50)12-15-33(37,38)34(39,40)35(41,42)36(43,44)45/h10-11,18,20,23-24,26-29,46-48H,2-9,12-17,19H2,1H3,(H,49,50)/t20?,23?,24?,26?,27-,28?,29+,31+/m1/s1. The van der Waals surface area contributed by atoms with Crippen LogP contribution in [0.15, 0.2) is 18.2 Å².